The van der Waals surface area contributed by atoms with Crippen LogP contribution in [0, 0.1) is 11.2 Å². The molecule has 23 heavy (non-hydrogen) atoms. The van der Waals surface area contributed by atoms with Gasteiger partial charge >= 0.3 is 0 Å². The Morgan fingerprint density at radius 1 is 1.26 bits per heavy atom. The second kappa shape index (κ2) is 7.00. The van der Waals surface area contributed by atoms with Gasteiger partial charge in [-0.25, -0.2) is 4.39 Å². The first kappa shape index (κ1) is 16.4. The molecule has 1 amide bonds. The third-order valence-corrected chi connectivity index (χ3v) is 5.42. The highest BCUT2D eigenvalue weighted by Gasteiger charge is 2.38. The third-order valence-electron chi connectivity index (χ3n) is 5.42. The summed E-state index contributed by atoms with van der Waals surface area (Å²) in [4.78, 5) is 14.9. The Morgan fingerprint density at radius 3 is 2.61 bits per heavy atom. The summed E-state index contributed by atoms with van der Waals surface area (Å²) in [5, 5.41) is 0. The maximum Gasteiger partial charge on any atom is 0.223 e. The van der Waals surface area contributed by atoms with Crippen LogP contribution in [-0.4, -0.2) is 23.4 Å². The summed E-state index contributed by atoms with van der Waals surface area (Å²) in [5.74, 6) is -0.0412. The van der Waals surface area contributed by atoms with Crippen LogP contribution in [0.25, 0.3) is 0 Å². The van der Waals surface area contributed by atoms with Gasteiger partial charge in [0.25, 0.3) is 0 Å². The van der Waals surface area contributed by atoms with Crippen LogP contribution in [0.3, 0.4) is 0 Å². The second-order valence-corrected chi connectivity index (χ2v) is 7.32. The molecular formula is C19H27FN2O. The van der Waals surface area contributed by atoms with Crippen LogP contribution in [-0.2, 0) is 11.3 Å². The highest BCUT2D eigenvalue weighted by atomic mass is 19.1. The van der Waals surface area contributed by atoms with Gasteiger partial charge in [-0.05, 0) is 55.3 Å². The first-order chi connectivity index (χ1) is 11.1. The normalized spacial score (nSPS) is 20.3. The Hall–Kier alpha value is -1.42. The molecule has 0 aliphatic heterocycles. The lowest BCUT2D eigenvalue weighted by Crippen LogP contribution is -2.41. The SMILES string of the molecule is NCC1(CC(=O)N(Cc2cccc(F)c2)C2CC2)CCCCC1. The minimum Gasteiger partial charge on any atom is -0.335 e. The maximum absolute atomic E-state index is 13.4. The van der Waals surface area contributed by atoms with Crippen LogP contribution in [0.4, 0.5) is 4.39 Å². The highest BCUT2D eigenvalue weighted by Crippen LogP contribution is 2.40. The van der Waals surface area contributed by atoms with Gasteiger partial charge < -0.3 is 10.6 Å². The number of hydrogen-bond donors (Lipinski definition) is 1. The molecule has 0 spiro atoms. The van der Waals surface area contributed by atoms with Crippen LogP contribution in [0.5, 0.6) is 0 Å². The van der Waals surface area contributed by atoms with Gasteiger partial charge in [-0.3, -0.25) is 4.79 Å². The fourth-order valence-corrected chi connectivity index (χ4v) is 3.82. The number of carbonyl (C=O) groups excluding carboxylic acids is 1. The number of halogens is 1. The van der Waals surface area contributed by atoms with Gasteiger partial charge in [-0.2, -0.15) is 0 Å². The van der Waals surface area contributed by atoms with Crippen LogP contribution in [0.15, 0.2) is 24.3 Å². The van der Waals surface area contributed by atoms with E-state index in [1.165, 1.54) is 31.4 Å². The Morgan fingerprint density at radius 2 is 2.00 bits per heavy atom. The summed E-state index contributed by atoms with van der Waals surface area (Å²) in [6.45, 7) is 1.11. The van der Waals surface area contributed by atoms with Crippen molar-refractivity contribution in [2.75, 3.05) is 6.54 Å². The van der Waals surface area contributed by atoms with Crippen molar-refractivity contribution in [2.45, 2.75) is 64.0 Å². The van der Waals surface area contributed by atoms with E-state index in [2.05, 4.69) is 0 Å². The molecule has 2 saturated carbocycles. The van der Waals surface area contributed by atoms with E-state index in [9.17, 15) is 9.18 Å². The molecule has 1 aromatic rings. The predicted octanol–water partition coefficient (Wildman–Crippen LogP) is 3.62. The smallest absolute Gasteiger partial charge is 0.223 e. The van der Waals surface area contributed by atoms with E-state index in [1.807, 2.05) is 11.0 Å². The number of amides is 1. The first-order valence-corrected chi connectivity index (χ1v) is 8.86. The molecule has 1 aromatic carbocycles. The van der Waals surface area contributed by atoms with Gasteiger partial charge in [0, 0.05) is 19.0 Å². The highest BCUT2D eigenvalue weighted by molar-refractivity contribution is 5.77. The minimum absolute atomic E-state index is 0.00951. The van der Waals surface area contributed by atoms with Gasteiger partial charge in [0.05, 0.1) is 0 Å². The molecule has 0 radical (unpaired) electrons. The lowest BCUT2D eigenvalue weighted by molar-refractivity contribution is -0.135. The van der Waals surface area contributed by atoms with Crippen molar-refractivity contribution in [3.8, 4) is 0 Å². The van der Waals surface area contributed by atoms with Crippen molar-refractivity contribution in [1.82, 2.24) is 4.90 Å². The molecule has 2 aliphatic carbocycles. The fraction of sp³-hybridized carbons (Fsp3) is 0.632. The second-order valence-electron chi connectivity index (χ2n) is 7.32. The fourth-order valence-electron chi connectivity index (χ4n) is 3.82. The van der Waals surface area contributed by atoms with Crippen molar-refractivity contribution in [1.29, 1.82) is 0 Å². The van der Waals surface area contributed by atoms with E-state index in [0.29, 0.717) is 25.6 Å². The van der Waals surface area contributed by atoms with Crippen LogP contribution >= 0.6 is 0 Å². The summed E-state index contributed by atoms with van der Waals surface area (Å²) in [7, 11) is 0. The van der Waals surface area contributed by atoms with E-state index in [1.54, 1.807) is 6.07 Å². The molecule has 3 nitrogen and oxygen atoms in total. The van der Waals surface area contributed by atoms with Crippen molar-refractivity contribution in [2.24, 2.45) is 11.1 Å². The monoisotopic (exact) mass is 318 g/mol. The topological polar surface area (TPSA) is 46.3 Å². The van der Waals surface area contributed by atoms with Gasteiger partial charge in [0.2, 0.25) is 5.91 Å². The van der Waals surface area contributed by atoms with E-state index in [4.69, 9.17) is 5.73 Å². The Bertz CT molecular complexity index is 550. The molecule has 2 N–H and O–H groups in total. The Labute approximate surface area is 138 Å². The van der Waals surface area contributed by atoms with E-state index in [-0.39, 0.29) is 17.1 Å². The molecule has 0 saturated heterocycles. The molecule has 0 unspecified atom stereocenters. The number of hydrogen-bond acceptors (Lipinski definition) is 2. The molecule has 4 heteroatoms. The molecule has 0 aromatic heterocycles. The molecule has 2 aliphatic rings. The van der Waals surface area contributed by atoms with Gasteiger partial charge in [-0.15, -0.1) is 0 Å². The van der Waals surface area contributed by atoms with E-state index >= 15 is 0 Å². The van der Waals surface area contributed by atoms with Crippen LogP contribution in [0.1, 0.15) is 56.9 Å². The predicted molar refractivity (Wildman–Crippen MR) is 89.2 cm³/mol. The van der Waals surface area contributed by atoms with Gasteiger partial charge in [-0.1, -0.05) is 31.4 Å². The standard InChI is InChI=1S/C19H27FN2O/c20-16-6-4-5-15(11-16)13-22(17-7-8-17)18(23)12-19(14-21)9-2-1-3-10-19/h4-6,11,17H,1-3,7-10,12-14,21H2. The van der Waals surface area contributed by atoms with Crippen LogP contribution < -0.4 is 5.73 Å². The van der Waals surface area contributed by atoms with Crippen molar-refractivity contribution in [3.05, 3.63) is 35.6 Å². The van der Waals surface area contributed by atoms with Crippen molar-refractivity contribution >= 4 is 5.91 Å². The number of nitrogens with zero attached hydrogens (tertiary/aromatic N) is 1. The van der Waals surface area contributed by atoms with Crippen molar-refractivity contribution in [3.63, 3.8) is 0 Å². The van der Waals surface area contributed by atoms with Gasteiger partial charge in [0.15, 0.2) is 0 Å². The molecular weight excluding hydrogens is 291 g/mol. The molecule has 0 heterocycles. The van der Waals surface area contributed by atoms with Gasteiger partial charge in [0.1, 0.15) is 5.82 Å². The summed E-state index contributed by atoms with van der Waals surface area (Å²) >= 11 is 0. The zero-order chi connectivity index (χ0) is 16.3. The lowest BCUT2D eigenvalue weighted by Gasteiger charge is -2.37. The lowest BCUT2D eigenvalue weighted by atomic mass is 9.71. The average Bonchev–Trinajstić information content (AvgIpc) is 3.38. The number of benzene rings is 1. The average molecular weight is 318 g/mol. The zero-order valence-electron chi connectivity index (χ0n) is 13.8. The quantitative estimate of drug-likeness (QED) is 0.871. The van der Waals surface area contributed by atoms with Crippen molar-refractivity contribution < 1.29 is 9.18 Å². The molecule has 126 valence electrons. The summed E-state index contributed by atoms with van der Waals surface area (Å²) in [5.41, 5.74) is 6.89. The van der Waals surface area contributed by atoms with E-state index in [0.717, 1.165) is 31.2 Å². The maximum atomic E-state index is 13.4. The Kier molecular flexibility index (Phi) is 5.00. The number of carbonyl (C=O) groups is 1. The number of nitrogens with two attached hydrogens (primary N) is 1. The molecule has 3 rings (SSSR count). The largest absolute Gasteiger partial charge is 0.335 e. The molecule has 2 fully saturated rings. The molecule has 0 bridgehead atoms. The summed E-state index contributed by atoms with van der Waals surface area (Å²) < 4.78 is 13.4. The Balaban J connectivity index is 1.69. The third kappa shape index (κ3) is 4.11. The number of rotatable bonds is 6. The zero-order valence-corrected chi connectivity index (χ0v) is 13.8. The summed E-state index contributed by atoms with van der Waals surface area (Å²) in [6, 6.07) is 6.91. The minimum atomic E-state index is -0.239. The molecule has 0 atom stereocenters. The summed E-state index contributed by atoms with van der Waals surface area (Å²) in [6.07, 6.45) is 8.42. The first-order valence-electron chi connectivity index (χ1n) is 8.86. The van der Waals surface area contributed by atoms with Crippen LogP contribution in [0.2, 0.25) is 0 Å². The van der Waals surface area contributed by atoms with E-state index < -0.39 is 0 Å².